The molecule has 19 heavy (non-hydrogen) atoms. The zero-order valence-corrected chi connectivity index (χ0v) is 12.1. The maximum Gasteiger partial charge on any atom is 0.407 e. The summed E-state index contributed by atoms with van der Waals surface area (Å²) in [6.07, 6.45) is 1.69. The van der Waals surface area contributed by atoms with E-state index in [9.17, 15) is 4.79 Å². The first kappa shape index (κ1) is 15.5. The second-order valence-electron chi connectivity index (χ2n) is 4.77. The lowest BCUT2D eigenvalue weighted by atomic mass is 10.2. The van der Waals surface area contributed by atoms with Gasteiger partial charge >= 0.3 is 6.09 Å². The minimum absolute atomic E-state index is 0.0143. The number of thiazole rings is 1. The van der Waals surface area contributed by atoms with Crippen molar-refractivity contribution in [1.29, 1.82) is 0 Å². The fourth-order valence-corrected chi connectivity index (χ4v) is 1.76. The molecular formula is C13H18N2O3S. The first-order chi connectivity index (χ1) is 8.90. The van der Waals surface area contributed by atoms with Crippen molar-refractivity contribution in [2.75, 3.05) is 6.54 Å². The molecule has 1 aromatic heterocycles. The van der Waals surface area contributed by atoms with Gasteiger partial charge in [-0.25, -0.2) is 9.78 Å². The van der Waals surface area contributed by atoms with Crippen molar-refractivity contribution in [2.24, 2.45) is 0 Å². The van der Waals surface area contributed by atoms with Gasteiger partial charge < -0.3 is 15.2 Å². The molecule has 0 saturated carbocycles. The summed E-state index contributed by atoms with van der Waals surface area (Å²) >= 11 is 1.36. The largest absolute Gasteiger partial charge is 0.444 e. The Hall–Kier alpha value is -1.58. The third-order valence-corrected chi connectivity index (χ3v) is 2.72. The van der Waals surface area contributed by atoms with E-state index in [1.165, 1.54) is 11.3 Å². The Morgan fingerprint density at radius 1 is 1.58 bits per heavy atom. The van der Waals surface area contributed by atoms with Crippen LogP contribution < -0.4 is 5.32 Å². The van der Waals surface area contributed by atoms with Gasteiger partial charge in [0.05, 0.1) is 11.5 Å². The Morgan fingerprint density at radius 3 is 2.89 bits per heavy atom. The first-order valence-corrected chi connectivity index (χ1v) is 6.73. The molecule has 0 bridgehead atoms. The highest BCUT2D eigenvalue weighted by Crippen LogP contribution is 2.10. The Balaban J connectivity index is 2.26. The third kappa shape index (κ3) is 6.79. The lowest BCUT2D eigenvalue weighted by Gasteiger charge is -2.19. The summed E-state index contributed by atoms with van der Waals surface area (Å²) in [5, 5.41) is 12.2. The summed E-state index contributed by atoms with van der Waals surface area (Å²) in [6.45, 7) is 5.86. The van der Waals surface area contributed by atoms with Crippen molar-refractivity contribution in [3.05, 3.63) is 16.1 Å². The van der Waals surface area contributed by atoms with E-state index in [4.69, 9.17) is 9.84 Å². The van der Waals surface area contributed by atoms with Gasteiger partial charge in [-0.15, -0.1) is 11.3 Å². The van der Waals surface area contributed by atoms with E-state index in [-0.39, 0.29) is 6.61 Å². The van der Waals surface area contributed by atoms with Crippen LogP contribution in [0.2, 0.25) is 0 Å². The number of aliphatic hydroxyl groups excluding tert-OH is 1. The molecule has 0 aliphatic rings. The quantitative estimate of drug-likeness (QED) is 0.656. The summed E-state index contributed by atoms with van der Waals surface area (Å²) in [6, 6.07) is 0. The number of nitrogens with zero attached hydrogens (tertiary/aromatic N) is 1. The van der Waals surface area contributed by atoms with Crippen LogP contribution in [0.25, 0.3) is 0 Å². The zero-order chi connectivity index (χ0) is 14.3. The molecule has 1 rings (SSSR count). The SMILES string of the molecule is CC(C)(C)OC(=O)NCCC#Cc1ncc(CO)s1. The van der Waals surface area contributed by atoms with Crippen molar-refractivity contribution >= 4 is 17.4 Å². The fraction of sp³-hybridized carbons (Fsp3) is 0.538. The van der Waals surface area contributed by atoms with Crippen LogP contribution in [-0.4, -0.2) is 28.3 Å². The summed E-state index contributed by atoms with van der Waals surface area (Å²) in [4.78, 5) is 16.1. The lowest BCUT2D eigenvalue weighted by molar-refractivity contribution is 0.0529. The van der Waals surface area contributed by atoms with Crippen LogP contribution in [0.1, 0.15) is 37.1 Å². The summed E-state index contributed by atoms with van der Waals surface area (Å²) in [7, 11) is 0. The molecule has 0 aliphatic carbocycles. The summed E-state index contributed by atoms with van der Waals surface area (Å²) < 4.78 is 5.08. The smallest absolute Gasteiger partial charge is 0.407 e. The van der Waals surface area contributed by atoms with Gasteiger partial charge in [0, 0.05) is 19.2 Å². The average molecular weight is 282 g/mol. The highest BCUT2D eigenvalue weighted by Gasteiger charge is 2.15. The maximum absolute atomic E-state index is 11.3. The number of amides is 1. The standard InChI is InChI=1S/C13H18N2O3S/c1-13(2,3)18-12(17)14-7-5-4-6-11-15-8-10(9-16)19-11/h8,16H,5,7,9H2,1-3H3,(H,14,17). The maximum atomic E-state index is 11.3. The number of carbonyl (C=O) groups excluding carboxylic acids is 1. The second kappa shape index (κ2) is 7.12. The van der Waals surface area contributed by atoms with E-state index in [2.05, 4.69) is 22.1 Å². The monoisotopic (exact) mass is 282 g/mol. The number of nitrogens with one attached hydrogen (secondary N) is 1. The topological polar surface area (TPSA) is 71.5 Å². The molecular weight excluding hydrogens is 264 g/mol. The van der Waals surface area contributed by atoms with Crippen molar-refractivity contribution in [2.45, 2.75) is 39.4 Å². The number of aliphatic hydroxyl groups is 1. The van der Waals surface area contributed by atoms with E-state index < -0.39 is 11.7 Å². The number of ether oxygens (including phenoxy) is 1. The van der Waals surface area contributed by atoms with Gasteiger partial charge in [-0.05, 0) is 26.7 Å². The molecule has 0 spiro atoms. The lowest BCUT2D eigenvalue weighted by Crippen LogP contribution is -2.32. The number of carbonyl (C=O) groups is 1. The van der Waals surface area contributed by atoms with Gasteiger partial charge in [0.2, 0.25) is 0 Å². The number of rotatable bonds is 3. The average Bonchev–Trinajstić information content (AvgIpc) is 2.74. The first-order valence-electron chi connectivity index (χ1n) is 5.92. The van der Waals surface area contributed by atoms with Crippen LogP contribution in [0.15, 0.2) is 6.20 Å². The van der Waals surface area contributed by atoms with Gasteiger partial charge in [-0.2, -0.15) is 0 Å². The fourth-order valence-electron chi connectivity index (χ4n) is 1.12. The molecule has 6 heteroatoms. The minimum atomic E-state index is -0.489. The van der Waals surface area contributed by atoms with E-state index in [0.29, 0.717) is 18.0 Å². The molecule has 0 radical (unpaired) electrons. The molecule has 0 atom stereocenters. The van der Waals surface area contributed by atoms with Crippen molar-refractivity contribution in [1.82, 2.24) is 10.3 Å². The third-order valence-electron chi connectivity index (χ3n) is 1.82. The molecule has 0 aliphatic heterocycles. The predicted molar refractivity (Wildman–Crippen MR) is 73.8 cm³/mol. The Bertz CT molecular complexity index is 480. The van der Waals surface area contributed by atoms with Crippen LogP contribution in [0.5, 0.6) is 0 Å². The molecule has 1 aromatic rings. The summed E-state index contributed by atoms with van der Waals surface area (Å²) in [5.74, 6) is 5.78. The molecule has 1 amide bonds. The molecule has 0 fully saturated rings. The Morgan fingerprint density at radius 2 is 2.32 bits per heavy atom. The molecule has 0 unspecified atom stereocenters. The minimum Gasteiger partial charge on any atom is -0.444 e. The van der Waals surface area contributed by atoms with Gasteiger partial charge in [0.1, 0.15) is 5.60 Å². The molecule has 5 nitrogen and oxygen atoms in total. The van der Waals surface area contributed by atoms with Crippen LogP contribution in [0.4, 0.5) is 4.79 Å². The van der Waals surface area contributed by atoms with Gasteiger partial charge in [-0.1, -0.05) is 5.92 Å². The highest BCUT2D eigenvalue weighted by atomic mass is 32.1. The van der Waals surface area contributed by atoms with Crippen LogP contribution in [0, 0.1) is 11.8 Å². The van der Waals surface area contributed by atoms with Crippen LogP contribution in [-0.2, 0) is 11.3 Å². The number of hydrogen-bond acceptors (Lipinski definition) is 5. The summed E-state index contributed by atoms with van der Waals surface area (Å²) in [5.41, 5.74) is -0.489. The molecule has 104 valence electrons. The van der Waals surface area contributed by atoms with Gasteiger partial charge in [0.15, 0.2) is 5.01 Å². The van der Waals surface area contributed by atoms with Crippen molar-refractivity contribution in [3.8, 4) is 11.8 Å². The number of aromatic nitrogens is 1. The number of alkyl carbamates (subject to hydrolysis) is 1. The Kier molecular flexibility index (Phi) is 5.80. The highest BCUT2D eigenvalue weighted by molar-refractivity contribution is 7.12. The molecule has 2 N–H and O–H groups in total. The van der Waals surface area contributed by atoms with Crippen LogP contribution >= 0.6 is 11.3 Å². The van der Waals surface area contributed by atoms with Crippen LogP contribution in [0.3, 0.4) is 0 Å². The van der Waals surface area contributed by atoms with Crippen molar-refractivity contribution < 1.29 is 14.6 Å². The normalized spacial score (nSPS) is 10.5. The van der Waals surface area contributed by atoms with E-state index in [1.54, 1.807) is 6.20 Å². The van der Waals surface area contributed by atoms with Crippen molar-refractivity contribution in [3.63, 3.8) is 0 Å². The molecule has 1 heterocycles. The van der Waals surface area contributed by atoms with E-state index >= 15 is 0 Å². The Labute approximate surface area is 117 Å². The van der Waals surface area contributed by atoms with Gasteiger partial charge in [0.25, 0.3) is 0 Å². The zero-order valence-electron chi connectivity index (χ0n) is 11.3. The molecule has 0 aromatic carbocycles. The second-order valence-corrected chi connectivity index (χ2v) is 5.89. The molecule has 0 saturated heterocycles. The number of hydrogen-bond donors (Lipinski definition) is 2. The van der Waals surface area contributed by atoms with E-state index in [1.807, 2.05) is 20.8 Å². The van der Waals surface area contributed by atoms with Gasteiger partial charge in [-0.3, -0.25) is 0 Å². The predicted octanol–water partition coefficient (Wildman–Crippen LogP) is 1.90. The van der Waals surface area contributed by atoms with E-state index in [0.717, 1.165) is 4.88 Å².